The van der Waals surface area contributed by atoms with Crippen LogP contribution in [0.1, 0.15) is 25.3 Å². The Kier molecular flexibility index (Phi) is 4.09. The minimum Gasteiger partial charge on any atom is -0.504 e. The standard InChI is InChI=1S/C12H14O5/c1-3-17-12(16)11(7(2)13)8-4-5-9(14)10(15)6-8/h4-6,11,14-15H,3H2,1-2H3. The van der Waals surface area contributed by atoms with Crippen LogP contribution in [-0.2, 0) is 14.3 Å². The Labute approximate surface area is 98.6 Å². The van der Waals surface area contributed by atoms with Gasteiger partial charge in [0, 0.05) is 0 Å². The molecule has 0 aliphatic rings. The average Bonchev–Trinajstić information content (AvgIpc) is 2.23. The monoisotopic (exact) mass is 238 g/mol. The highest BCUT2D eigenvalue weighted by Gasteiger charge is 2.27. The first kappa shape index (κ1) is 13.0. The number of ketones is 1. The Morgan fingerprint density at radius 2 is 1.94 bits per heavy atom. The summed E-state index contributed by atoms with van der Waals surface area (Å²) in [5.41, 5.74) is 0.297. The number of aromatic hydroxyl groups is 2. The number of carbonyl (C=O) groups is 2. The molecular weight excluding hydrogens is 224 g/mol. The third kappa shape index (κ3) is 2.96. The van der Waals surface area contributed by atoms with E-state index in [0.717, 1.165) is 0 Å². The van der Waals surface area contributed by atoms with E-state index in [2.05, 4.69) is 0 Å². The molecule has 1 unspecified atom stereocenters. The summed E-state index contributed by atoms with van der Waals surface area (Å²) in [7, 11) is 0. The number of carbonyl (C=O) groups excluding carboxylic acids is 2. The predicted octanol–water partition coefficient (Wildman–Crippen LogP) is 1.33. The van der Waals surface area contributed by atoms with Crippen molar-refractivity contribution in [2.24, 2.45) is 0 Å². The highest BCUT2D eigenvalue weighted by molar-refractivity contribution is 6.03. The maximum absolute atomic E-state index is 11.6. The molecule has 0 aliphatic heterocycles. The first-order chi connectivity index (χ1) is 7.97. The molecule has 92 valence electrons. The second kappa shape index (κ2) is 5.34. The van der Waals surface area contributed by atoms with Gasteiger partial charge < -0.3 is 14.9 Å². The fraction of sp³-hybridized carbons (Fsp3) is 0.333. The van der Waals surface area contributed by atoms with Crippen LogP contribution in [0.2, 0.25) is 0 Å². The molecule has 5 heteroatoms. The molecule has 5 nitrogen and oxygen atoms in total. The second-order valence-electron chi connectivity index (χ2n) is 3.54. The van der Waals surface area contributed by atoms with Gasteiger partial charge in [0.2, 0.25) is 0 Å². The maximum Gasteiger partial charge on any atom is 0.320 e. The Balaban J connectivity index is 3.10. The van der Waals surface area contributed by atoms with Crippen LogP contribution in [0.5, 0.6) is 11.5 Å². The zero-order chi connectivity index (χ0) is 13.0. The van der Waals surface area contributed by atoms with Crippen LogP contribution >= 0.6 is 0 Å². The van der Waals surface area contributed by atoms with Crippen LogP contribution in [0.4, 0.5) is 0 Å². The number of benzene rings is 1. The molecule has 0 heterocycles. The number of Topliss-reactive ketones (excluding diaryl/α,β-unsaturated/α-hetero) is 1. The van der Waals surface area contributed by atoms with Crippen LogP contribution < -0.4 is 0 Å². The maximum atomic E-state index is 11.6. The lowest BCUT2D eigenvalue weighted by molar-refractivity contribution is -0.147. The van der Waals surface area contributed by atoms with Crippen molar-refractivity contribution < 1.29 is 24.5 Å². The van der Waals surface area contributed by atoms with Crippen LogP contribution in [0, 0.1) is 0 Å². The Hall–Kier alpha value is -2.04. The summed E-state index contributed by atoms with van der Waals surface area (Å²) >= 11 is 0. The Bertz CT molecular complexity index is 439. The van der Waals surface area contributed by atoms with E-state index in [1.807, 2.05) is 0 Å². The average molecular weight is 238 g/mol. The molecule has 0 bridgehead atoms. The van der Waals surface area contributed by atoms with Crippen molar-refractivity contribution in [2.75, 3.05) is 6.61 Å². The molecule has 1 rings (SSSR count). The van der Waals surface area contributed by atoms with Gasteiger partial charge in [0.15, 0.2) is 11.5 Å². The number of hydrogen-bond donors (Lipinski definition) is 2. The molecule has 1 aromatic rings. The molecule has 0 spiro atoms. The number of ether oxygens (including phenoxy) is 1. The van der Waals surface area contributed by atoms with E-state index in [-0.39, 0.29) is 23.9 Å². The van der Waals surface area contributed by atoms with E-state index in [0.29, 0.717) is 5.56 Å². The van der Waals surface area contributed by atoms with Gasteiger partial charge in [0.25, 0.3) is 0 Å². The summed E-state index contributed by atoms with van der Waals surface area (Å²) < 4.78 is 4.79. The lowest BCUT2D eigenvalue weighted by Gasteiger charge is -2.13. The largest absolute Gasteiger partial charge is 0.504 e. The van der Waals surface area contributed by atoms with E-state index >= 15 is 0 Å². The van der Waals surface area contributed by atoms with Crippen LogP contribution in [0.25, 0.3) is 0 Å². The van der Waals surface area contributed by atoms with Gasteiger partial charge in [-0.15, -0.1) is 0 Å². The number of rotatable bonds is 4. The highest BCUT2D eigenvalue weighted by Crippen LogP contribution is 2.29. The lowest BCUT2D eigenvalue weighted by Crippen LogP contribution is -2.22. The molecule has 0 radical (unpaired) electrons. The van der Waals surface area contributed by atoms with E-state index < -0.39 is 11.9 Å². The summed E-state index contributed by atoms with van der Waals surface area (Å²) in [6.45, 7) is 3.08. The third-order valence-corrected chi connectivity index (χ3v) is 2.26. The fourth-order valence-electron chi connectivity index (χ4n) is 1.48. The smallest absolute Gasteiger partial charge is 0.320 e. The fourth-order valence-corrected chi connectivity index (χ4v) is 1.48. The van der Waals surface area contributed by atoms with E-state index in [1.165, 1.54) is 25.1 Å². The topological polar surface area (TPSA) is 83.8 Å². The summed E-state index contributed by atoms with van der Waals surface area (Å²) in [6.07, 6.45) is 0. The van der Waals surface area contributed by atoms with Crippen molar-refractivity contribution in [3.05, 3.63) is 23.8 Å². The van der Waals surface area contributed by atoms with Gasteiger partial charge >= 0.3 is 5.97 Å². The second-order valence-corrected chi connectivity index (χ2v) is 3.54. The molecule has 2 N–H and O–H groups in total. The quantitative estimate of drug-likeness (QED) is 0.469. The normalized spacial score (nSPS) is 11.9. The molecule has 1 aromatic carbocycles. The lowest BCUT2D eigenvalue weighted by atomic mass is 9.95. The zero-order valence-electron chi connectivity index (χ0n) is 9.64. The first-order valence-electron chi connectivity index (χ1n) is 5.16. The predicted molar refractivity (Wildman–Crippen MR) is 59.8 cm³/mol. The molecule has 0 aromatic heterocycles. The van der Waals surface area contributed by atoms with Gasteiger partial charge in [-0.05, 0) is 31.5 Å². The third-order valence-electron chi connectivity index (χ3n) is 2.26. The van der Waals surface area contributed by atoms with Crippen molar-refractivity contribution in [3.8, 4) is 11.5 Å². The van der Waals surface area contributed by atoms with Gasteiger partial charge in [-0.2, -0.15) is 0 Å². The van der Waals surface area contributed by atoms with E-state index in [1.54, 1.807) is 6.92 Å². The van der Waals surface area contributed by atoms with Crippen molar-refractivity contribution in [1.29, 1.82) is 0 Å². The van der Waals surface area contributed by atoms with Crippen LogP contribution in [-0.4, -0.2) is 28.6 Å². The molecule has 1 atom stereocenters. The molecule has 0 amide bonds. The number of esters is 1. The molecule has 0 fully saturated rings. The summed E-state index contributed by atoms with van der Waals surface area (Å²) in [5.74, 6) is -2.79. The molecule has 0 saturated heterocycles. The van der Waals surface area contributed by atoms with Crippen molar-refractivity contribution in [3.63, 3.8) is 0 Å². The Morgan fingerprint density at radius 3 is 2.41 bits per heavy atom. The minimum absolute atomic E-state index is 0.173. The van der Waals surface area contributed by atoms with Gasteiger partial charge in [0.1, 0.15) is 11.7 Å². The van der Waals surface area contributed by atoms with Gasteiger partial charge in [-0.25, -0.2) is 0 Å². The number of phenolic OH excluding ortho intramolecular Hbond substituents is 2. The van der Waals surface area contributed by atoms with Crippen molar-refractivity contribution in [1.82, 2.24) is 0 Å². The summed E-state index contributed by atoms with van der Waals surface area (Å²) in [4.78, 5) is 23.0. The molecule has 17 heavy (non-hydrogen) atoms. The van der Waals surface area contributed by atoms with Crippen molar-refractivity contribution >= 4 is 11.8 Å². The highest BCUT2D eigenvalue weighted by atomic mass is 16.5. The van der Waals surface area contributed by atoms with Crippen molar-refractivity contribution in [2.45, 2.75) is 19.8 Å². The van der Waals surface area contributed by atoms with Gasteiger partial charge in [-0.1, -0.05) is 6.07 Å². The number of phenols is 2. The minimum atomic E-state index is -1.07. The molecule has 0 saturated carbocycles. The van der Waals surface area contributed by atoms with E-state index in [4.69, 9.17) is 9.84 Å². The zero-order valence-corrected chi connectivity index (χ0v) is 9.64. The SMILES string of the molecule is CCOC(=O)C(C(C)=O)c1ccc(O)c(O)c1. The van der Waals surface area contributed by atoms with Crippen LogP contribution in [0.15, 0.2) is 18.2 Å². The van der Waals surface area contributed by atoms with Gasteiger partial charge in [-0.3, -0.25) is 9.59 Å². The van der Waals surface area contributed by atoms with Crippen LogP contribution in [0.3, 0.4) is 0 Å². The molecular formula is C12H14O5. The first-order valence-corrected chi connectivity index (χ1v) is 5.16. The summed E-state index contributed by atoms with van der Waals surface area (Å²) in [6, 6.07) is 3.80. The summed E-state index contributed by atoms with van der Waals surface area (Å²) in [5, 5.41) is 18.5. The Morgan fingerprint density at radius 1 is 1.29 bits per heavy atom. The van der Waals surface area contributed by atoms with E-state index in [9.17, 15) is 14.7 Å². The van der Waals surface area contributed by atoms with Gasteiger partial charge in [0.05, 0.1) is 6.61 Å². The number of hydrogen-bond acceptors (Lipinski definition) is 5. The molecule has 0 aliphatic carbocycles.